The Labute approximate surface area is 190 Å². The largest absolute Gasteiger partial charge is 0.494 e. The fourth-order valence-electron chi connectivity index (χ4n) is 3.63. The zero-order valence-electron chi connectivity index (χ0n) is 17.9. The smallest absolute Gasteiger partial charge is 0.318 e. The van der Waals surface area contributed by atoms with Crippen LogP contribution in [0.15, 0.2) is 59.0 Å². The number of hydrogen-bond acceptors (Lipinski definition) is 9. The molecular weight excluding hydrogens is 426 g/mol. The molecule has 0 saturated carbocycles. The van der Waals surface area contributed by atoms with Crippen molar-refractivity contribution >= 4 is 28.2 Å². The van der Waals surface area contributed by atoms with E-state index in [2.05, 4.69) is 15.1 Å². The monoisotopic (exact) mass is 449 g/mol. The maximum atomic E-state index is 6.00. The summed E-state index contributed by atoms with van der Waals surface area (Å²) < 4.78 is 11.6. The van der Waals surface area contributed by atoms with E-state index in [1.807, 2.05) is 61.5 Å². The lowest BCUT2D eigenvalue weighted by molar-refractivity contribution is 0.201. The molecule has 1 aliphatic heterocycles. The van der Waals surface area contributed by atoms with Crippen LogP contribution in [0.1, 0.15) is 17.5 Å². The highest BCUT2D eigenvalue weighted by atomic mass is 32.1. The third kappa shape index (κ3) is 4.04. The highest BCUT2D eigenvalue weighted by Crippen LogP contribution is 2.36. The summed E-state index contributed by atoms with van der Waals surface area (Å²) in [5.41, 5.74) is 2.86. The molecule has 0 fully saturated rings. The average molecular weight is 450 g/mol. The van der Waals surface area contributed by atoms with Crippen LogP contribution in [0.2, 0.25) is 0 Å². The molecule has 164 valence electrons. The van der Waals surface area contributed by atoms with Gasteiger partial charge >= 0.3 is 6.01 Å². The van der Waals surface area contributed by atoms with Crippen molar-refractivity contribution in [1.82, 2.24) is 15.2 Å². The molecule has 0 amide bonds. The van der Waals surface area contributed by atoms with E-state index < -0.39 is 0 Å². The molecule has 3 heterocycles. The summed E-state index contributed by atoms with van der Waals surface area (Å²) in [7, 11) is 1.65. The lowest BCUT2D eigenvalue weighted by Crippen LogP contribution is -2.29. The topological polar surface area (TPSA) is 76.8 Å². The Kier molecular flexibility index (Phi) is 5.74. The number of fused-ring (bicyclic) bond motifs is 1. The van der Waals surface area contributed by atoms with Gasteiger partial charge in [-0.15, -0.1) is 5.10 Å². The van der Waals surface area contributed by atoms with Gasteiger partial charge in [0.1, 0.15) is 5.75 Å². The minimum Gasteiger partial charge on any atom is -0.494 e. The van der Waals surface area contributed by atoms with E-state index in [4.69, 9.17) is 19.0 Å². The van der Waals surface area contributed by atoms with Gasteiger partial charge in [-0.25, -0.2) is 4.98 Å². The van der Waals surface area contributed by atoms with Crippen molar-refractivity contribution in [1.29, 1.82) is 0 Å². The average Bonchev–Trinajstić information content (AvgIpc) is 3.48. The van der Waals surface area contributed by atoms with E-state index in [0.717, 1.165) is 40.8 Å². The molecule has 1 aliphatic rings. The third-order valence-corrected chi connectivity index (χ3v) is 6.19. The van der Waals surface area contributed by atoms with E-state index in [-0.39, 0.29) is 0 Å². The summed E-state index contributed by atoms with van der Waals surface area (Å²) in [6, 6.07) is 18.1. The number of benzene rings is 2. The number of hydrogen-bond donors (Lipinski definition) is 0. The molecule has 0 saturated heterocycles. The van der Waals surface area contributed by atoms with Crippen molar-refractivity contribution in [3.8, 4) is 17.2 Å². The summed E-state index contributed by atoms with van der Waals surface area (Å²) in [6.45, 7) is 3.99. The minimum atomic E-state index is 0.479. The molecule has 32 heavy (non-hydrogen) atoms. The van der Waals surface area contributed by atoms with Crippen LogP contribution in [-0.4, -0.2) is 35.4 Å². The zero-order chi connectivity index (χ0) is 21.9. The Morgan fingerprint density at radius 1 is 1.12 bits per heavy atom. The molecule has 2 aromatic heterocycles. The zero-order valence-corrected chi connectivity index (χ0v) is 18.7. The SMILES string of the molecule is CCOc1cccc(-c2nnc(N3CCc4nc(N(OC)c5ccccc5)sc4C3)o2)c1. The Morgan fingerprint density at radius 3 is 2.81 bits per heavy atom. The number of para-hydroxylation sites is 1. The van der Waals surface area contributed by atoms with Crippen molar-refractivity contribution < 1.29 is 14.0 Å². The van der Waals surface area contributed by atoms with Crippen LogP contribution in [0, 0.1) is 0 Å². The second-order valence-corrected chi connectivity index (χ2v) is 8.26. The second kappa shape index (κ2) is 8.97. The fraction of sp³-hybridized carbons (Fsp3) is 0.261. The van der Waals surface area contributed by atoms with Crippen molar-refractivity contribution in [2.75, 3.05) is 30.2 Å². The van der Waals surface area contributed by atoms with Gasteiger partial charge < -0.3 is 14.1 Å². The molecule has 0 aliphatic carbocycles. The summed E-state index contributed by atoms with van der Waals surface area (Å²) in [5.74, 6) is 1.26. The normalized spacial score (nSPS) is 13.1. The molecule has 0 N–H and O–H groups in total. The molecule has 5 rings (SSSR count). The first kappa shape index (κ1) is 20.5. The first-order valence-corrected chi connectivity index (χ1v) is 11.3. The molecule has 2 aromatic carbocycles. The first-order valence-electron chi connectivity index (χ1n) is 10.4. The van der Waals surface area contributed by atoms with Crippen LogP contribution in [0.4, 0.5) is 16.8 Å². The Balaban J connectivity index is 1.35. The van der Waals surface area contributed by atoms with Gasteiger partial charge in [-0.05, 0) is 37.3 Å². The molecule has 0 unspecified atom stereocenters. The Hall–Kier alpha value is -3.43. The van der Waals surface area contributed by atoms with Crippen LogP contribution in [0.5, 0.6) is 5.75 Å². The van der Waals surface area contributed by atoms with Crippen molar-refractivity contribution in [2.45, 2.75) is 19.9 Å². The van der Waals surface area contributed by atoms with E-state index in [0.29, 0.717) is 25.1 Å². The van der Waals surface area contributed by atoms with Gasteiger partial charge in [0.05, 0.1) is 31.6 Å². The van der Waals surface area contributed by atoms with Gasteiger partial charge in [-0.2, -0.15) is 5.06 Å². The lowest BCUT2D eigenvalue weighted by Gasteiger charge is -2.23. The van der Waals surface area contributed by atoms with Crippen LogP contribution < -0.4 is 14.7 Å². The standard InChI is InChI=1S/C23H23N5O3S/c1-3-30-18-11-7-8-16(14-18)21-25-26-22(31-21)27-13-12-19-20(15-27)32-23(24-19)28(29-2)17-9-5-4-6-10-17/h4-11,14H,3,12-13,15H2,1-2H3. The van der Waals surface area contributed by atoms with Gasteiger partial charge in [-0.1, -0.05) is 40.7 Å². The third-order valence-electron chi connectivity index (χ3n) is 5.14. The summed E-state index contributed by atoms with van der Waals surface area (Å²) in [5, 5.41) is 11.1. The predicted molar refractivity (Wildman–Crippen MR) is 123 cm³/mol. The second-order valence-electron chi connectivity index (χ2n) is 7.20. The van der Waals surface area contributed by atoms with Gasteiger partial charge in [0.2, 0.25) is 11.0 Å². The number of anilines is 3. The van der Waals surface area contributed by atoms with Crippen LogP contribution in [0.3, 0.4) is 0 Å². The van der Waals surface area contributed by atoms with Gasteiger partial charge in [0.15, 0.2) is 0 Å². The summed E-state index contributed by atoms with van der Waals surface area (Å²) in [4.78, 5) is 13.7. The highest BCUT2D eigenvalue weighted by molar-refractivity contribution is 7.15. The first-order chi connectivity index (χ1) is 15.7. The molecule has 0 bridgehead atoms. The molecule has 0 spiro atoms. The van der Waals surface area contributed by atoms with E-state index >= 15 is 0 Å². The molecule has 4 aromatic rings. The van der Waals surface area contributed by atoms with Crippen molar-refractivity contribution in [3.05, 3.63) is 65.2 Å². The van der Waals surface area contributed by atoms with Gasteiger partial charge in [0.25, 0.3) is 0 Å². The van der Waals surface area contributed by atoms with Crippen LogP contribution in [-0.2, 0) is 17.8 Å². The number of aromatic nitrogens is 3. The molecule has 8 nitrogen and oxygen atoms in total. The van der Waals surface area contributed by atoms with Gasteiger partial charge in [-0.3, -0.25) is 4.84 Å². The Bertz CT molecular complexity index is 1190. The number of nitrogens with zero attached hydrogens (tertiary/aromatic N) is 5. The Morgan fingerprint density at radius 2 is 2.00 bits per heavy atom. The number of rotatable bonds is 7. The number of ether oxygens (including phenoxy) is 1. The molecule has 0 radical (unpaired) electrons. The number of thiazole rings is 1. The van der Waals surface area contributed by atoms with Crippen molar-refractivity contribution in [3.63, 3.8) is 0 Å². The van der Waals surface area contributed by atoms with Gasteiger partial charge in [0, 0.05) is 23.4 Å². The maximum Gasteiger partial charge on any atom is 0.318 e. The molecule has 0 atom stereocenters. The maximum absolute atomic E-state index is 6.00. The quantitative estimate of drug-likeness (QED) is 0.371. The molecular formula is C23H23N5O3S. The van der Waals surface area contributed by atoms with Crippen LogP contribution >= 0.6 is 11.3 Å². The summed E-state index contributed by atoms with van der Waals surface area (Å²) in [6.07, 6.45) is 0.801. The summed E-state index contributed by atoms with van der Waals surface area (Å²) >= 11 is 1.61. The van der Waals surface area contributed by atoms with E-state index in [1.165, 1.54) is 4.88 Å². The fourth-order valence-corrected chi connectivity index (χ4v) is 4.76. The van der Waals surface area contributed by atoms with Crippen LogP contribution in [0.25, 0.3) is 11.5 Å². The predicted octanol–water partition coefficient (Wildman–Crippen LogP) is 4.85. The highest BCUT2D eigenvalue weighted by Gasteiger charge is 2.26. The molecule has 9 heteroatoms. The lowest BCUT2D eigenvalue weighted by atomic mass is 10.2. The van der Waals surface area contributed by atoms with E-state index in [1.54, 1.807) is 23.5 Å². The minimum absolute atomic E-state index is 0.479. The van der Waals surface area contributed by atoms with E-state index in [9.17, 15) is 0 Å². The van der Waals surface area contributed by atoms with Crippen molar-refractivity contribution in [2.24, 2.45) is 0 Å².